The minimum absolute atomic E-state index is 0.351. The van der Waals surface area contributed by atoms with Crippen LogP contribution in [0, 0.1) is 0 Å². The maximum absolute atomic E-state index is 5.22. The van der Waals surface area contributed by atoms with Gasteiger partial charge >= 0.3 is 0 Å². The average Bonchev–Trinajstić information content (AvgIpc) is 2.99. The van der Waals surface area contributed by atoms with E-state index in [1.807, 2.05) is 13.2 Å². The maximum Gasteiger partial charge on any atom is 0.246 e. The minimum atomic E-state index is 0.351. The van der Waals surface area contributed by atoms with Gasteiger partial charge in [-0.1, -0.05) is 12.1 Å². The molecule has 0 aromatic carbocycles. The first-order valence-electron chi connectivity index (χ1n) is 6.37. The first-order valence-corrected chi connectivity index (χ1v) is 6.37. The molecule has 0 spiro atoms. The molecule has 0 fully saturated rings. The van der Waals surface area contributed by atoms with Crippen molar-refractivity contribution >= 4 is 0 Å². The number of rotatable bonds is 6. The molecule has 0 aliphatic carbocycles. The Morgan fingerprint density at radius 1 is 1.50 bits per heavy atom. The Morgan fingerprint density at radius 3 is 3.06 bits per heavy atom. The third-order valence-electron chi connectivity index (χ3n) is 3.01. The van der Waals surface area contributed by atoms with Crippen molar-refractivity contribution in [2.75, 3.05) is 7.05 Å². The topological polar surface area (TPSA) is 55.9 Å². The van der Waals surface area contributed by atoms with Crippen LogP contribution in [0.1, 0.15) is 43.6 Å². The molecule has 98 valence electrons. The highest BCUT2D eigenvalue weighted by molar-refractivity contribution is 5.14. The molecule has 18 heavy (non-hydrogen) atoms. The van der Waals surface area contributed by atoms with E-state index in [1.165, 1.54) is 5.56 Å². The van der Waals surface area contributed by atoms with E-state index in [2.05, 4.69) is 46.1 Å². The van der Waals surface area contributed by atoms with E-state index in [0.717, 1.165) is 18.7 Å². The zero-order chi connectivity index (χ0) is 13.0. The molecular weight excluding hydrogens is 228 g/mol. The van der Waals surface area contributed by atoms with Crippen LogP contribution in [-0.2, 0) is 13.0 Å². The second-order valence-electron chi connectivity index (χ2n) is 4.48. The molecule has 0 amide bonds. The highest BCUT2D eigenvalue weighted by atomic mass is 16.5. The lowest BCUT2D eigenvalue weighted by Crippen LogP contribution is -2.11. The van der Waals surface area contributed by atoms with Crippen molar-refractivity contribution in [3.8, 4) is 0 Å². The van der Waals surface area contributed by atoms with Gasteiger partial charge in [0.2, 0.25) is 5.89 Å². The van der Waals surface area contributed by atoms with E-state index < -0.39 is 0 Å². The largest absolute Gasteiger partial charge is 0.345 e. The Balaban J connectivity index is 2.01. The SMILES string of the molecule is CCCc1noc(Cn2ccc(C(C)NC)c2)n1. The lowest BCUT2D eigenvalue weighted by atomic mass is 10.2. The van der Waals surface area contributed by atoms with Crippen molar-refractivity contribution in [1.82, 2.24) is 20.0 Å². The van der Waals surface area contributed by atoms with Gasteiger partial charge in [0.1, 0.15) is 6.54 Å². The molecule has 0 bridgehead atoms. The van der Waals surface area contributed by atoms with Crippen LogP contribution in [0.25, 0.3) is 0 Å². The van der Waals surface area contributed by atoms with Gasteiger partial charge in [-0.15, -0.1) is 0 Å². The molecule has 2 aromatic rings. The molecule has 0 radical (unpaired) electrons. The summed E-state index contributed by atoms with van der Waals surface area (Å²) in [5.41, 5.74) is 1.26. The van der Waals surface area contributed by atoms with Gasteiger partial charge in [0, 0.05) is 24.9 Å². The molecule has 2 heterocycles. The summed E-state index contributed by atoms with van der Waals surface area (Å²) in [6, 6.07) is 2.45. The zero-order valence-electron chi connectivity index (χ0n) is 11.2. The van der Waals surface area contributed by atoms with E-state index >= 15 is 0 Å². The van der Waals surface area contributed by atoms with Crippen molar-refractivity contribution in [3.05, 3.63) is 35.7 Å². The third kappa shape index (κ3) is 2.98. The van der Waals surface area contributed by atoms with Crippen LogP contribution < -0.4 is 5.32 Å². The predicted molar refractivity (Wildman–Crippen MR) is 69.3 cm³/mol. The fourth-order valence-corrected chi connectivity index (χ4v) is 1.82. The summed E-state index contributed by atoms with van der Waals surface area (Å²) in [5, 5.41) is 7.16. The lowest BCUT2D eigenvalue weighted by molar-refractivity contribution is 0.366. The molecule has 1 N–H and O–H groups in total. The van der Waals surface area contributed by atoms with Gasteiger partial charge < -0.3 is 14.4 Å². The fraction of sp³-hybridized carbons (Fsp3) is 0.538. The number of nitrogens with one attached hydrogen (secondary N) is 1. The van der Waals surface area contributed by atoms with Crippen molar-refractivity contribution in [3.63, 3.8) is 0 Å². The summed E-state index contributed by atoms with van der Waals surface area (Å²) in [7, 11) is 1.96. The van der Waals surface area contributed by atoms with Crippen molar-refractivity contribution in [1.29, 1.82) is 0 Å². The molecule has 2 aromatic heterocycles. The van der Waals surface area contributed by atoms with Crippen molar-refractivity contribution in [2.45, 2.75) is 39.3 Å². The van der Waals surface area contributed by atoms with Crippen LogP contribution in [0.2, 0.25) is 0 Å². The number of hydrogen-bond donors (Lipinski definition) is 1. The molecule has 0 saturated heterocycles. The molecular formula is C13H20N4O. The van der Waals surface area contributed by atoms with E-state index in [0.29, 0.717) is 18.5 Å². The molecule has 1 unspecified atom stereocenters. The van der Waals surface area contributed by atoms with Gasteiger partial charge in [-0.2, -0.15) is 4.98 Å². The average molecular weight is 248 g/mol. The number of aromatic nitrogens is 3. The second kappa shape index (κ2) is 5.82. The van der Waals surface area contributed by atoms with Crippen LogP contribution in [-0.4, -0.2) is 21.8 Å². The normalized spacial score (nSPS) is 12.8. The first kappa shape index (κ1) is 12.8. The molecule has 2 rings (SSSR count). The minimum Gasteiger partial charge on any atom is -0.345 e. The molecule has 0 saturated carbocycles. The summed E-state index contributed by atoms with van der Waals surface area (Å²) in [6.07, 6.45) is 6.04. The first-order chi connectivity index (χ1) is 8.72. The van der Waals surface area contributed by atoms with E-state index in [4.69, 9.17) is 4.52 Å². The van der Waals surface area contributed by atoms with Crippen molar-refractivity contribution in [2.24, 2.45) is 0 Å². The van der Waals surface area contributed by atoms with Gasteiger partial charge in [0.05, 0.1) is 0 Å². The van der Waals surface area contributed by atoms with Crippen LogP contribution in [0.5, 0.6) is 0 Å². The molecule has 0 aliphatic heterocycles. The Kier molecular flexibility index (Phi) is 4.15. The Morgan fingerprint density at radius 2 is 2.33 bits per heavy atom. The highest BCUT2D eigenvalue weighted by Gasteiger charge is 2.08. The third-order valence-corrected chi connectivity index (χ3v) is 3.01. The van der Waals surface area contributed by atoms with Gasteiger partial charge in [0.15, 0.2) is 5.82 Å². The maximum atomic E-state index is 5.22. The Bertz CT molecular complexity index is 489. The zero-order valence-corrected chi connectivity index (χ0v) is 11.2. The van der Waals surface area contributed by atoms with E-state index in [1.54, 1.807) is 0 Å². The quantitative estimate of drug-likeness (QED) is 0.851. The number of hydrogen-bond acceptors (Lipinski definition) is 4. The van der Waals surface area contributed by atoms with Gasteiger partial charge in [0.25, 0.3) is 0 Å². The van der Waals surface area contributed by atoms with E-state index in [-0.39, 0.29) is 0 Å². The fourth-order valence-electron chi connectivity index (χ4n) is 1.82. The van der Waals surface area contributed by atoms with Crippen LogP contribution in [0.3, 0.4) is 0 Å². The molecule has 5 nitrogen and oxygen atoms in total. The molecule has 0 aliphatic rings. The Labute approximate surface area is 107 Å². The van der Waals surface area contributed by atoms with E-state index in [9.17, 15) is 0 Å². The summed E-state index contributed by atoms with van der Waals surface area (Å²) in [6.45, 7) is 4.87. The second-order valence-corrected chi connectivity index (χ2v) is 4.48. The summed E-state index contributed by atoms with van der Waals surface area (Å²) in [4.78, 5) is 4.36. The smallest absolute Gasteiger partial charge is 0.246 e. The van der Waals surface area contributed by atoms with Crippen molar-refractivity contribution < 1.29 is 4.52 Å². The lowest BCUT2D eigenvalue weighted by Gasteiger charge is -2.06. The Hall–Kier alpha value is -1.62. The number of aryl methyl sites for hydroxylation is 1. The summed E-state index contributed by atoms with van der Waals surface area (Å²) >= 11 is 0. The molecule has 5 heteroatoms. The van der Waals surface area contributed by atoms with Crippen LogP contribution >= 0.6 is 0 Å². The standard InChI is InChI=1S/C13H20N4O/c1-4-5-12-15-13(18-16-12)9-17-7-6-11(8-17)10(2)14-3/h6-8,10,14H,4-5,9H2,1-3H3. The van der Waals surface area contributed by atoms with Gasteiger partial charge in [-0.25, -0.2) is 0 Å². The van der Waals surface area contributed by atoms with Gasteiger partial charge in [-0.3, -0.25) is 0 Å². The van der Waals surface area contributed by atoms with Crippen LogP contribution in [0.15, 0.2) is 23.0 Å². The monoisotopic (exact) mass is 248 g/mol. The number of nitrogens with zero attached hydrogens (tertiary/aromatic N) is 3. The summed E-state index contributed by atoms with van der Waals surface area (Å²) in [5.74, 6) is 1.46. The highest BCUT2D eigenvalue weighted by Crippen LogP contribution is 2.13. The van der Waals surface area contributed by atoms with Gasteiger partial charge in [-0.05, 0) is 32.0 Å². The summed E-state index contributed by atoms with van der Waals surface area (Å²) < 4.78 is 7.28. The van der Waals surface area contributed by atoms with Crippen LogP contribution in [0.4, 0.5) is 0 Å². The predicted octanol–water partition coefficient (Wildman–Crippen LogP) is 2.15. The molecule has 1 atom stereocenters.